The van der Waals surface area contributed by atoms with Crippen LogP contribution < -0.4 is 5.73 Å². The number of aromatic nitrogens is 3. The van der Waals surface area contributed by atoms with Crippen LogP contribution in [0.5, 0.6) is 0 Å². The molecule has 0 aliphatic heterocycles. The summed E-state index contributed by atoms with van der Waals surface area (Å²) in [5, 5.41) is 8.80. The van der Waals surface area contributed by atoms with Gasteiger partial charge in [0.2, 0.25) is 5.91 Å². The normalized spacial score (nSPS) is 14.9. The van der Waals surface area contributed by atoms with Gasteiger partial charge in [0.1, 0.15) is 5.82 Å². The molecule has 1 aromatic rings. The van der Waals surface area contributed by atoms with Crippen molar-refractivity contribution < 1.29 is 4.79 Å². The van der Waals surface area contributed by atoms with Crippen LogP contribution in [0.1, 0.15) is 38.4 Å². The highest BCUT2D eigenvalue weighted by atomic mass is 32.2. The molecule has 21 heavy (non-hydrogen) atoms. The molecule has 0 bridgehead atoms. The molecule has 1 heterocycles. The van der Waals surface area contributed by atoms with Gasteiger partial charge < -0.3 is 15.2 Å². The Morgan fingerprint density at radius 1 is 1.48 bits per heavy atom. The predicted octanol–water partition coefficient (Wildman–Crippen LogP) is 1.67. The van der Waals surface area contributed by atoms with E-state index in [1.165, 1.54) is 30.3 Å². The molecule has 1 aromatic heterocycles. The first-order valence-electron chi connectivity index (χ1n) is 7.37. The number of carbonyl (C=O) groups is 1. The van der Waals surface area contributed by atoms with Crippen LogP contribution in [0, 0.1) is 0 Å². The molecule has 1 aliphatic carbocycles. The number of amides is 1. The third-order valence-corrected chi connectivity index (χ3v) is 4.67. The number of rotatable bonds is 6. The van der Waals surface area contributed by atoms with Crippen molar-refractivity contribution >= 4 is 17.7 Å². The van der Waals surface area contributed by atoms with Crippen molar-refractivity contribution in [2.75, 3.05) is 12.3 Å². The van der Waals surface area contributed by atoms with Gasteiger partial charge in [0, 0.05) is 19.3 Å². The molecule has 0 atom stereocenters. The first kappa shape index (κ1) is 16.0. The Hall–Kier alpha value is -1.34. The summed E-state index contributed by atoms with van der Waals surface area (Å²) in [5.74, 6) is 1.24. The summed E-state index contributed by atoms with van der Waals surface area (Å²) in [7, 11) is 1.87. The highest BCUT2D eigenvalue weighted by Crippen LogP contribution is 2.23. The monoisotopic (exact) mass is 309 g/mol. The zero-order valence-electron chi connectivity index (χ0n) is 12.7. The molecule has 0 unspecified atom stereocenters. The van der Waals surface area contributed by atoms with Crippen molar-refractivity contribution in [3.05, 3.63) is 17.6 Å². The average molecular weight is 309 g/mol. The van der Waals surface area contributed by atoms with Gasteiger partial charge in [-0.3, -0.25) is 4.79 Å². The maximum Gasteiger partial charge on any atom is 0.237 e. The van der Waals surface area contributed by atoms with Crippen LogP contribution in [-0.2, 0) is 18.4 Å². The minimum absolute atomic E-state index is 0.132. The van der Waals surface area contributed by atoms with E-state index in [1.807, 2.05) is 23.4 Å². The smallest absolute Gasteiger partial charge is 0.237 e. The number of hydrogen-bond donors (Lipinski definition) is 1. The molecule has 7 heteroatoms. The topological polar surface area (TPSA) is 77.0 Å². The second-order valence-electron chi connectivity index (χ2n) is 5.03. The van der Waals surface area contributed by atoms with Crippen molar-refractivity contribution in [3.8, 4) is 0 Å². The molecular formula is C14H23N5OS. The second kappa shape index (κ2) is 7.61. The Labute approximate surface area is 129 Å². The van der Waals surface area contributed by atoms with Crippen molar-refractivity contribution in [1.82, 2.24) is 19.7 Å². The van der Waals surface area contributed by atoms with E-state index >= 15 is 0 Å². The van der Waals surface area contributed by atoms with Gasteiger partial charge in [-0.1, -0.05) is 17.8 Å². The van der Waals surface area contributed by atoms with E-state index in [9.17, 15) is 4.79 Å². The van der Waals surface area contributed by atoms with Crippen LogP contribution in [0.4, 0.5) is 0 Å². The maximum atomic E-state index is 12.4. The summed E-state index contributed by atoms with van der Waals surface area (Å²) < 4.78 is 1.84. The predicted molar refractivity (Wildman–Crippen MR) is 83.6 cm³/mol. The van der Waals surface area contributed by atoms with Crippen molar-refractivity contribution in [3.63, 3.8) is 0 Å². The van der Waals surface area contributed by atoms with Gasteiger partial charge in [-0.05, 0) is 32.6 Å². The fourth-order valence-corrected chi connectivity index (χ4v) is 3.26. The van der Waals surface area contributed by atoms with Gasteiger partial charge in [0.25, 0.3) is 0 Å². The molecule has 0 fully saturated rings. The maximum absolute atomic E-state index is 12.4. The number of hydrogen-bond acceptors (Lipinski definition) is 5. The van der Waals surface area contributed by atoms with Gasteiger partial charge >= 0.3 is 0 Å². The molecule has 0 saturated carbocycles. The van der Waals surface area contributed by atoms with Gasteiger partial charge in [0.15, 0.2) is 5.16 Å². The van der Waals surface area contributed by atoms with Crippen LogP contribution in [-0.4, -0.2) is 37.9 Å². The fraction of sp³-hybridized carbons (Fsp3) is 0.643. The molecule has 0 radical (unpaired) electrons. The first-order valence-corrected chi connectivity index (χ1v) is 8.36. The zero-order valence-corrected chi connectivity index (χ0v) is 13.5. The fourth-order valence-electron chi connectivity index (χ4n) is 2.46. The van der Waals surface area contributed by atoms with Crippen molar-refractivity contribution in [2.24, 2.45) is 12.8 Å². The van der Waals surface area contributed by atoms with Crippen LogP contribution >= 0.6 is 11.8 Å². The molecule has 6 nitrogen and oxygen atoms in total. The van der Waals surface area contributed by atoms with E-state index in [1.54, 1.807) is 0 Å². The summed E-state index contributed by atoms with van der Waals surface area (Å²) in [6, 6.07) is 0. The molecule has 2 N–H and O–H groups in total. The van der Waals surface area contributed by atoms with Gasteiger partial charge in [0.05, 0.1) is 12.3 Å². The number of thioether (sulfide) groups is 1. The number of nitrogens with zero attached hydrogens (tertiary/aromatic N) is 4. The molecule has 0 saturated heterocycles. The molecule has 2 rings (SSSR count). The van der Waals surface area contributed by atoms with Crippen LogP contribution in [0.25, 0.3) is 0 Å². The highest BCUT2D eigenvalue weighted by Gasteiger charge is 2.19. The molecule has 1 amide bonds. The van der Waals surface area contributed by atoms with E-state index in [2.05, 4.69) is 16.3 Å². The zero-order chi connectivity index (χ0) is 15.2. The third kappa shape index (κ3) is 3.85. The second-order valence-corrected chi connectivity index (χ2v) is 5.97. The minimum Gasteiger partial charge on any atom is -0.324 e. The first-order chi connectivity index (χ1) is 10.2. The summed E-state index contributed by atoms with van der Waals surface area (Å²) in [5.41, 5.74) is 6.75. The Morgan fingerprint density at radius 2 is 2.29 bits per heavy atom. The largest absolute Gasteiger partial charge is 0.324 e. The highest BCUT2D eigenvalue weighted by molar-refractivity contribution is 7.99. The third-order valence-electron chi connectivity index (χ3n) is 3.66. The minimum atomic E-state index is 0.132. The van der Waals surface area contributed by atoms with Crippen LogP contribution in [0.2, 0.25) is 0 Å². The summed E-state index contributed by atoms with van der Waals surface area (Å²) in [4.78, 5) is 14.3. The molecule has 1 aliphatic rings. The molecular weight excluding hydrogens is 286 g/mol. The van der Waals surface area contributed by atoms with E-state index in [0.717, 1.165) is 30.4 Å². The summed E-state index contributed by atoms with van der Waals surface area (Å²) in [6.07, 6.45) is 6.68. The summed E-state index contributed by atoms with van der Waals surface area (Å²) >= 11 is 1.41. The quantitative estimate of drug-likeness (QED) is 0.809. The van der Waals surface area contributed by atoms with Crippen molar-refractivity contribution in [1.29, 1.82) is 0 Å². The van der Waals surface area contributed by atoms with Crippen LogP contribution in [0.3, 0.4) is 0 Å². The Balaban J connectivity index is 1.96. The lowest BCUT2D eigenvalue weighted by Crippen LogP contribution is -2.32. The van der Waals surface area contributed by atoms with E-state index in [4.69, 9.17) is 5.73 Å². The van der Waals surface area contributed by atoms with Gasteiger partial charge in [-0.2, -0.15) is 0 Å². The Bertz CT molecular complexity index is 525. The van der Waals surface area contributed by atoms with E-state index < -0.39 is 0 Å². The van der Waals surface area contributed by atoms with Crippen LogP contribution in [0.15, 0.2) is 16.9 Å². The molecule has 0 aromatic carbocycles. The molecule has 116 valence electrons. The number of nitrogens with two attached hydrogens (primary N) is 1. The lowest BCUT2D eigenvalue weighted by molar-refractivity contribution is -0.126. The lowest BCUT2D eigenvalue weighted by Gasteiger charge is -2.26. The number of carbonyl (C=O) groups excluding carboxylic acids is 1. The summed E-state index contributed by atoms with van der Waals surface area (Å²) in [6.45, 7) is 3.09. The lowest BCUT2D eigenvalue weighted by atomic mass is 10.0. The molecule has 0 spiro atoms. The average Bonchev–Trinajstić information content (AvgIpc) is 2.87. The Kier molecular flexibility index (Phi) is 5.81. The SMILES string of the molecule is CCN(C(=O)CSc1nnc(CN)n1C)C1=CCCCC1. The van der Waals surface area contributed by atoms with Gasteiger partial charge in [-0.25, -0.2) is 0 Å². The Morgan fingerprint density at radius 3 is 2.86 bits per heavy atom. The van der Waals surface area contributed by atoms with E-state index in [0.29, 0.717) is 12.3 Å². The van der Waals surface area contributed by atoms with Gasteiger partial charge in [-0.15, -0.1) is 10.2 Å². The van der Waals surface area contributed by atoms with Crippen molar-refractivity contribution in [2.45, 2.75) is 44.3 Å². The van der Waals surface area contributed by atoms with E-state index in [-0.39, 0.29) is 5.91 Å². The standard InChI is InChI=1S/C14H23N5OS/c1-3-19(11-7-5-4-6-8-11)13(20)10-21-14-17-16-12(9-15)18(14)2/h7H,3-6,8-10,15H2,1-2H3. The number of allylic oxidation sites excluding steroid dienone is 2.